The number of carbonyl (C=O) groups is 1. The lowest BCUT2D eigenvalue weighted by molar-refractivity contribution is -0.113. The van der Waals surface area contributed by atoms with Crippen LogP contribution in [-0.4, -0.2) is 26.2 Å². The van der Waals surface area contributed by atoms with Gasteiger partial charge in [-0.3, -0.25) is 14.2 Å². The van der Waals surface area contributed by atoms with Gasteiger partial charge in [-0.1, -0.05) is 36.0 Å². The Bertz CT molecular complexity index is 1310. The number of nitrogens with zero attached hydrogens (tertiary/aromatic N) is 3. The second-order valence-electron chi connectivity index (χ2n) is 6.97. The number of nitrogens with one attached hydrogen (secondary N) is 1. The van der Waals surface area contributed by atoms with Crippen LogP contribution in [0.15, 0.2) is 57.8 Å². The van der Waals surface area contributed by atoms with Gasteiger partial charge in [-0.15, -0.1) is 11.3 Å². The molecule has 1 N–H and O–H groups in total. The third-order valence-corrected chi connectivity index (χ3v) is 6.36. The van der Waals surface area contributed by atoms with Crippen LogP contribution in [0.2, 0.25) is 0 Å². The summed E-state index contributed by atoms with van der Waals surface area (Å²) in [7, 11) is 0. The van der Waals surface area contributed by atoms with E-state index in [0.717, 1.165) is 22.5 Å². The number of thiazole rings is 1. The molecule has 0 bridgehead atoms. The summed E-state index contributed by atoms with van der Waals surface area (Å²) >= 11 is 2.62. The molecule has 2 heterocycles. The first-order chi connectivity index (χ1) is 14.4. The minimum Gasteiger partial charge on any atom is -0.301 e. The van der Waals surface area contributed by atoms with Gasteiger partial charge in [0.15, 0.2) is 10.3 Å². The van der Waals surface area contributed by atoms with E-state index in [-0.39, 0.29) is 17.2 Å². The Balaban J connectivity index is 1.73. The zero-order chi connectivity index (χ0) is 21.3. The SMILES string of the molecule is Cc1ccc(C)c(-n2c(SCC(=O)Nc3nc(C)cs3)nc3ccccc3c2=O)c1. The summed E-state index contributed by atoms with van der Waals surface area (Å²) in [5.74, 6) is -0.0712. The number of anilines is 1. The molecule has 0 aliphatic rings. The minimum atomic E-state index is -0.190. The average Bonchev–Trinajstić information content (AvgIpc) is 3.13. The van der Waals surface area contributed by atoms with Crippen molar-refractivity contribution in [1.82, 2.24) is 14.5 Å². The van der Waals surface area contributed by atoms with E-state index in [2.05, 4.69) is 10.3 Å². The number of hydrogen-bond donors (Lipinski definition) is 1. The first-order valence-corrected chi connectivity index (χ1v) is 11.2. The Labute approximate surface area is 182 Å². The zero-order valence-corrected chi connectivity index (χ0v) is 18.4. The fourth-order valence-corrected chi connectivity index (χ4v) is 4.59. The molecule has 6 nitrogen and oxygen atoms in total. The first-order valence-electron chi connectivity index (χ1n) is 9.36. The summed E-state index contributed by atoms with van der Waals surface area (Å²) in [6.45, 7) is 5.82. The third-order valence-electron chi connectivity index (χ3n) is 4.55. The molecule has 0 fully saturated rings. The Kier molecular flexibility index (Phi) is 5.69. The number of para-hydroxylation sites is 1. The van der Waals surface area contributed by atoms with Crippen LogP contribution in [0.4, 0.5) is 5.13 Å². The highest BCUT2D eigenvalue weighted by Gasteiger charge is 2.16. The zero-order valence-electron chi connectivity index (χ0n) is 16.8. The predicted molar refractivity (Wildman–Crippen MR) is 123 cm³/mol. The molecule has 0 spiro atoms. The van der Waals surface area contributed by atoms with Gasteiger partial charge in [-0.2, -0.15) is 0 Å². The normalized spacial score (nSPS) is 11.0. The number of rotatable bonds is 5. The fraction of sp³-hybridized carbons (Fsp3) is 0.182. The summed E-state index contributed by atoms with van der Waals surface area (Å²) in [5.41, 5.74) is 4.11. The Morgan fingerprint density at radius 3 is 2.70 bits per heavy atom. The predicted octanol–water partition coefficient (Wildman–Crippen LogP) is 4.50. The molecule has 0 saturated heterocycles. The second-order valence-corrected chi connectivity index (χ2v) is 8.77. The van der Waals surface area contributed by atoms with Crippen LogP contribution in [0, 0.1) is 20.8 Å². The number of benzene rings is 2. The Morgan fingerprint density at radius 2 is 1.93 bits per heavy atom. The molecule has 2 aromatic carbocycles. The highest BCUT2D eigenvalue weighted by molar-refractivity contribution is 7.99. The average molecular weight is 437 g/mol. The third kappa shape index (κ3) is 4.15. The fourth-order valence-electron chi connectivity index (χ4n) is 3.08. The van der Waals surface area contributed by atoms with Crippen molar-refractivity contribution in [2.24, 2.45) is 0 Å². The molecule has 1 amide bonds. The van der Waals surface area contributed by atoms with Crippen LogP contribution < -0.4 is 10.9 Å². The van der Waals surface area contributed by atoms with Crippen molar-refractivity contribution in [3.63, 3.8) is 0 Å². The van der Waals surface area contributed by atoms with Crippen LogP contribution in [-0.2, 0) is 4.79 Å². The number of hydrogen-bond acceptors (Lipinski definition) is 6. The summed E-state index contributed by atoms with van der Waals surface area (Å²) in [6.07, 6.45) is 0. The second kappa shape index (κ2) is 8.41. The molecule has 30 heavy (non-hydrogen) atoms. The van der Waals surface area contributed by atoms with Crippen LogP contribution >= 0.6 is 23.1 Å². The van der Waals surface area contributed by atoms with Gasteiger partial charge in [0.25, 0.3) is 5.56 Å². The molecular weight excluding hydrogens is 416 g/mol. The van der Waals surface area contributed by atoms with Crippen molar-refractivity contribution in [3.8, 4) is 5.69 Å². The van der Waals surface area contributed by atoms with Gasteiger partial charge < -0.3 is 5.32 Å². The van der Waals surface area contributed by atoms with E-state index in [0.29, 0.717) is 21.2 Å². The lowest BCUT2D eigenvalue weighted by Gasteiger charge is -2.15. The Hall–Kier alpha value is -2.97. The molecule has 4 aromatic rings. The topological polar surface area (TPSA) is 76.9 Å². The van der Waals surface area contributed by atoms with Crippen LogP contribution in [0.5, 0.6) is 0 Å². The van der Waals surface area contributed by atoms with Crippen LogP contribution in [0.1, 0.15) is 16.8 Å². The van der Waals surface area contributed by atoms with Crippen molar-refractivity contribution in [3.05, 3.63) is 75.0 Å². The highest BCUT2D eigenvalue weighted by atomic mass is 32.2. The molecule has 0 radical (unpaired) electrons. The summed E-state index contributed by atoms with van der Waals surface area (Å²) < 4.78 is 1.61. The maximum atomic E-state index is 13.4. The van der Waals surface area contributed by atoms with E-state index in [9.17, 15) is 9.59 Å². The van der Waals surface area contributed by atoms with Gasteiger partial charge in [0.1, 0.15) is 0 Å². The summed E-state index contributed by atoms with van der Waals surface area (Å²) in [6, 6.07) is 13.2. The molecule has 0 atom stereocenters. The molecule has 152 valence electrons. The van der Waals surface area contributed by atoms with Gasteiger partial charge in [0.05, 0.1) is 28.0 Å². The van der Waals surface area contributed by atoms with E-state index >= 15 is 0 Å². The molecule has 0 aliphatic carbocycles. The molecule has 0 saturated carbocycles. The summed E-state index contributed by atoms with van der Waals surface area (Å²) in [4.78, 5) is 34.7. The lowest BCUT2D eigenvalue weighted by atomic mass is 10.1. The maximum Gasteiger partial charge on any atom is 0.266 e. The summed E-state index contributed by atoms with van der Waals surface area (Å²) in [5, 5.41) is 6.27. The monoisotopic (exact) mass is 436 g/mol. The number of aryl methyl sites for hydroxylation is 3. The van der Waals surface area contributed by atoms with E-state index < -0.39 is 0 Å². The van der Waals surface area contributed by atoms with E-state index in [1.54, 1.807) is 10.6 Å². The lowest BCUT2D eigenvalue weighted by Crippen LogP contribution is -2.23. The van der Waals surface area contributed by atoms with Gasteiger partial charge >= 0.3 is 0 Å². The smallest absolute Gasteiger partial charge is 0.266 e. The van der Waals surface area contributed by atoms with Crippen LogP contribution in [0.3, 0.4) is 0 Å². The molecule has 8 heteroatoms. The number of thioether (sulfide) groups is 1. The quantitative estimate of drug-likeness (QED) is 0.368. The molecule has 0 aliphatic heterocycles. The van der Waals surface area contributed by atoms with Crippen molar-refractivity contribution in [1.29, 1.82) is 0 Å². The Morgan fingerprint density at radius 1 is 1.13 bits per heavy atom. The van der Waals surface area contributed by atoms with E-state index in [1.165, 1.54) is 23.1 Å². The maximum absolute atomic E-state index is 13.4. The number of amides is 1. The number of aromatic nitrogens is 3. The number of carbonyl (C=O) groups excluding carboxylic acids is 1. The van der Waals surface area contributed by atoms with E-state index in [1.807, 2.05) is 62.5 Å². The molecule has 0 unspecified atom stereocenters. The van der Waals surface area contributed by atoms with Gasteiger partial charge in [0, 0.05) is 5.38 Å². The van der Waals surface area contributed by atoms with Crippen molar-refractivity contribution >= 4 is 45.0 Å². The minimum absolute atomic E-state index is 0.119. The van der Waals surface area contributed by atoms with Crippen LogP contribution in [0.25, 0.3) is 16.6 Å². The van der Waals surface area contributed by atoms with Gasteiger partial charge in [-0.05, 0) is 50.1 Å². The first kappa shape index (κ1) is 20.3. The molecule has 2 aromatic heterocycles. The highest BCUT2D eigenvalue weighted by Crippen LogP contribution is 2.24. The van der Waals surface area contributed by atoms with Crippen molar-refractivity contribution < 1.29 is 4.79 Å². The number of fused-ring (bicyclic) bond motifs is 1. The standard InChI is InChI=1S/C22H20N4O2S2/c1-13-8-9-14(2)18(10-13)26-20(28)16-6-4-5-7-17(16)24-22(26)30-12-19(27)25-21-23-15(3)11-29-21/h4-11H,12H2,1-3H3,(H,23,25,27). The largest absolute Gasteiger partial charge is 0.301 e. The van der Waals surface area contributed by atoms with Crippen molar-refractivity contribution in [2.75, 3.05) is 11.1 Å². The molecule has 4 rings (SSSR count). The van der Waals surface area contributed by atoms with E-state index in [4.69, 9.17) is 4.98 Å². The van der Waals surface area contributed by atoms with Crippen molar-refractivity contribution in [2.45, 2.75) is 25.9 Å². The van der Waals surface area contributed by atoms with Gasteiger partial charge in [0.2, 0.25) is 5.91 Å². The molecular formula is C22H20N4O2S2. The van der Waals surface area contributed by atoms with Gasteiger partial charge in [-0.25, -0.2) is 9.97 Å².